The molecule has 8 heteroatoms. The summed E-state index contributed by atoms with van der Waals surface area (Å²) in [6.45, 7) is 1.74. The van der Waals surface area contributed by atoms with E-state index >= 15 is 0 Å². The number of hydrogen-bond acceptors (Lipinski definition) is 5. The molecular weight excluding hydrogens is 339 g/mol. The smallest absolute Gasteiger partial charge is 0.127 e. The first kappa shape index (κ1) is 15.4. The first-order chi connectivity index (χ1) is 12.1. The van der Waals surface area contributed by atoms with Gasteiger partial charge in [-0.1, -0.05) is 11.8 Å². The minimum atomic E-state index is -0.342. The normalized spacial score (nSPS) is 10.9. The molecule has 6 nitrogen and oxygen atoms in total. The molecular formula is C17H11FN6S. The van der Waals surface area contributed by atoms with E-state index in [2.05, 4.69) is 26.3 Å². The number of pyridine rings is 2. The molecule has 0 saturated carbocycles. The van der Waals surface area contributed by atoms with Crippen LogP contribution in [-0.4, -0.2) is 24.8 Å². The Labute approximate surface area is 146 Å². The highest BCUT2D eigenvalue weighted by Crippen LogP contribution is 2.35. The SMILES string of the molecule is Cc1cc(F)cc(Sc2cc(-c3cn[nH]c3)cn3ncc(C#N)c23)n1. The third kappa shape index (κ3) is 2.86. The number of hydrogen-bond donors (Lipinski definition) is 1. The summed E-state index contributed by atoms with van der Waals surface area (Å²) in [6, 6.07) is 6.82. The summed E-state index contributed by atoms with van der Waals surface area (Å²) in [5.74, 6) is -0.342. The molecule has 0 fully saturated rings. The van der Waals surface area contributed by atoms with Gasteiger partial charge in [0.25, 0.3) is 0 Å². The van der Waals surface area contributed by atoms with E-state index in [1.807, 2.05) is 12.3 Å². The Bertz CT molecular complexity index is 1090. The van der Waals surface area contributed by atoms with Crippen LogP contribution in [0.2, 0.25) is 0 Å². The molecule has 0 aliphatic rings. The van der Waals surface area contributed by atoms with Gasteiger partial charge in [0, 0.05) is 40.2 Å². The van der Waals surface area contributed by atoms with Gasteiger partial charge >= 0.3 is 0 Å². The molecule has 0 amide bonds. The van der Waals surface area contributed by atoms with Crippen LogP contribution in [-0.2, 0) is 0 Å². The number of nitrogens with zero attached hydrogens (tertiary/aromatic N) is 5. The van der Waals surface area contributed by atoms with E-state index in [0.717, 1.165) is 16.0 Å². The van der Waals surface area contributed by atoms with Crippen molar-refractivity contribution in [3.05, 3.63) is 60.1 Å². The third-order valence-electron chi connectivity index (χ3n) is 3.64. The van der Waals surface area contributed by atoms with Gasteiger partial charge in [0.2, 0.25) is 0 Å². The van der Waals surface area contributed by atoms with Gasteiger partial charge in [-0.25, -0.2) is 13.9 Å². The average molecular weight is 350 g/mol. The maximum atomic E-state index is 13.7. The lowest BCUT2D eigenvalue weighted by atomic mass is 10.1. The lowest BCUT2D eigenvalue weighted by molar-refractivity contribution is 0.617. The Morgan fingerprint density at radius 2 is 2.12 bits per heavy atom. The van der Waals surface area contributed by atoms with Gasteiger partial charge in [0.15, 0.2) is 0 Å². The maximum Gasteiger partial charge on any atom is 0.127 e. The largest absolute Gasteiger partial charge is 0.285 e. The number of H-pyrrole nitrogens is 1. The van der Waals surface area contributed by atoms with E-state index < -0.39 is 0 Å². The summed E-state index contributed by atoms with van der Waals surface area (Å²) in [5, 5.41) is 20.9. The molecule has 0 aliphatic carbocycles. The number of nitriles is 1. The van der Waals surface area contributed by atoms with Crippen molar-refractivity contribution in [3.8, 4) is 17.2 Å². The summed E-state index contributed by atoms with van der Waals surface area (Å²) >= 11 is 1.30. The Hall–Kier alpha value is -3.18. The molecule has 4 aromatic rings. The van der Waals surface area contributed by atoms with Gasteiger partial charge in [-0.05, 0) is 19.1 Å². The molecule has 122 valence electrons. The zero-order valence-corrected chi connectivity index (χ0v) is 13.9. The molecule has 0 aliphatic heterocycles. The van der Waals surface area contributed by atoms with Crippen molar-refractivity contribution >= 4 is 17.3 Å². The fourth-order valence-corrected chi connectivity index (χ4v) is 3.65. The molecule has 0 spiro atoms. The van der Waals surface area contributed by atoms with Gasteiger partial charge in [-0.2, -0.15) is 15.5 Å². The van der Waals surface area contributed by atoms with Gasteiger partial charge in [-0.3, -0.25) is 5.10 Å². The lowest BCUT2D eigenvalue weighted by Gasteiger charge is -2.08. The summed E-state index contributed by atoms with van der Waals surface area (Å²) in [7, 11) is 0. The Morgan fingerprint density at radius 3 is 2.84 bits per heavy atom. The van der Waals surface area contributed by atoms with E-state index in [0.29, 0.717) is 21.8 Å². The molecule has 25 heavy (non-hydrogen) atoms. The quantitative estimate of drug-likeness (QED) is 0.610. The molecule has 0 unspecified atom stereocenters. The first-order valence-electron chi connectivity index (χ1n) is 7.37. The van der Waals surface area contributed by atoms with Crippen molar-refractivity contribution in [2.24, 2.45) is 0 Å². The molecule has 4 heterocycles. The summed E-state index contributed by atoms with van der Waals surface area (Å²) in [6.07, 6.45) is 6.82. The van der Waals surface area contributed by atoms with E-state index in [9.17, 15) is 9.65 Å². The third-order valence-corrected chi connectivity index (χ3v) is 4.59. The van der Waals surface area contributed by atoms with E-state index in [4.69, 9.17) is 0 Å². The predicted molar refractivity (Wildman–Crippen MR) is 90.5 cm³/mol. The molecule has 0 atom stereocenters. The topological polar surface area (TPSA) is 82.7 Å². The van der Waals surface area contributed by atoms with Crippen molar-refractivity contribution in [2.75, 3.05) is 0 Å². The van der Waals surface area contributed by atoms with Crippen molar-refractivity contribution in [1.82, 2.24) is 24.8 Å². The molecule has 0 radical (unpaired) electrons. The van der Waals surface area contributed by atoms with Crippen molar-refractivity contribution in [2.45, 2.75) is 16.8 Å². The number of nitrogens with one attached hydrogen (secondary N) is 1. The van der Waals surface area contributed by atoms with Crippen molar-refractivity contribution in [1.29, 1.82) is 5.26 Å². The predicted octanol–water partition coefficient (Wildman–Crippen LogP) is 3.59. The Kier molecular flexibility index (Phi) is 3.71. The van der Waals surface area contributed by atoms with Crippen LogP contribution in [0.25, 0.3) is 16.6 Å². The number of fused-ring (bicyclic) bond motifs is 1. The average Bonchev–Trinajstić information content (AvgIpc) is 3.23. The Balaban J connectivity index is 1.90. The highest BCUT2D eigenvalue weighted by atomic mass is 32.2. The van der Waals surface area contributed by atoms with E-state index in [-0.39, 0.29) is 5.82 Å². The number of aryl methyl sites for hydroxylation is 1. The Morgan fingerprint density at radius 1 is 1.24 bits per heavy atom. The number of aromatic amines is 1. The molecule has 0 bridgehead atoms. The van der Waals surface area contributed by atoms with Crippen LogP contribution in [0.15, 0.2) is 52.9 Å². The van der Waals surface area contributed by atoms with Crippen LogP contribution < -0.4 is 0 Å². The zero-order valence-electron chi connectivity index (χ0n) is 13.1. The van der Waals surface area contributed by atoms with E-state index in [1.165, 1.54) is 30.1 Å². The molecule has 0 saturated heterocycles. The monoisotopic (exact) mass is 350 g/mol. The molecule has 0 aromatic carbocycles. The summed E-state index contributed by atoms with van der Waals surface area (Å²) in [4.78, 5) is 5.13. The summed E-state index contributed by atoms with van der Waals surface area (Å²) in [5.41, 5.74) is 3.49. The van der Waals surface area contributed by atoms with Gasteiger partial charge in [0.05, 0.1) is 23.5 Å². The van der Waals surface area contributed by atoms with Crippen LogP contribution in [0.5, 0.6) is 0 Å². The van der Waals surface area contributed by atoms with Crippen LogP contribution in [0.4, 0.5) is 4.39 Å². The molecule has 4 rings (SSSR count). The van der Waals surface area contributed by atoms with Crippen molar-refractivity contribution < 1.29 is 4.39 Å². The van der Waals surface area contributed by atoms with Gasteiger partial charge < -0.3 is 0 Å². The fourth-order valence-electron chi connectivity index (χ4n) is 2.57. The van der Waals surface area contributed by atoms with Crippen LogP contribution >= 0.6 is 11.8 Å². The minimum Gasteiger partial charge on any atom is -0.285 e. The van der Waals surface area contributed by atoms with E-state index in [1.54, 1.807) is 23.8 Å². The molecule has 1 N–H and O–H groups in total. The second-order valence-corrected chi connectivity index (χ2v) is 6.47. The maximum absolute atomic E-state index is 13.7. The second-order valence-electron chi connectivity index (χ2n) is 5.41. The zero-order chi connectivity index (χ0) is 17.4. The van der Waals surface area contributed by atoms with Crippen LogP contribution in [0, 0.1) is 24.1 Å². The summed E-state index contributed by atoms with van der Waals surface area (Å²) < 4.78 is 15.3. The standard InChI is InChI=1S/C17H11FN6S/c1-10-2-14(18)4-16(23-10)25-15-3-11(13-6-20-21-7-13)9-24-17(15)12(5-19)8-22-24/h2-4,6-9H,1H3,(H,20,21). The molecule has 4 aromatic heterocycles. The highest BCUT2D eigenvalue weighted by Gasteiger charge is 2.14. The van der Waals surface area contributed by atoms with Gasteiger partial charge in [0.1, 0.15) is 16.9 Å². The second kappa shape index (κ2) is 6.03. The van der Waals surface area contributed by atoms with Crippen molar-refractivity contribution in [3.63, 3.8) is 0 Å². The first-order valence-corrected chi connectivity index (χ1v) is 8.18. The lowest BCUT2D eigenvalue weighted by Crippen LogP contribution is -1.93. The number of halogens is 1. The highest BCUT2D eigenvalue weighted by molar-refractivity contribution is 7.99. The minimum absolute atomic E-state index is 0.342. The number of aromatic nitrogens is 5. The fraction of sp³-hybridized carbons (Fsp3) is 0.0588. The number of rotatable bonds is 3. The van der Waals surface area contributed by atoms with Crippen LogP contribution in [0.1, 0.15) is 11.3 Å². The van der Waals surface area contributed by atoms with Gasteiger partial charge in [-0.15, -0.1) is 0 Å². The van der Waals surface area contributed by atoms with Crippen LogP contribution in [0.3, 0.4) is 0 Å².